The second-order valence-corrected chi connectivity index (χ2v) is 6.00. The number of piperidine rings is 1. The number of benzene rings is 1. The molecule has 5 nitrogen and oxygen atoms in total. The Hall–Kier alpha value is -1.88. The quantitative estimate of drug-likeness (QED) is 0.850. The average Bonchev–Trinajstić information content (AvgIpc) is 2.53. The number of nitrogens with zero attached hydrogens (tertiary/aromatic N) is 1. The molecule has 2 amide bonds. The van der Waals surface area contributed by atoms with E-state index in [1.807, 2.05) is 35.2 Å². The molecule has 1 aliphatic heterocycles. The van der Waals surface area contributed by atoms with Gasteiger partial charge in [0.1, 0.15) is 0 Å². The summed E-state index contributed by atoms with van der Waals surface area (Å²) in [6.45, 7) is 3.69. The topological polar surface area (TPSA) is 75.4 Å². The highest BCUT2D eigenvalue weighted by Gasteiger charge is 2.26. The lowest BCUT2D eigenvalue weighted by atomic mass is 9.95. The van der Waals surface area contributed by atoms with Crippen LogP contribution in [0.5, 0.6) is 0 Å². The van der Waals surface area contributed by atoms with Crippen molar-refractivity contribution in [2.24, 2.45) is 11.7 Å². The number of carbonyl (C=O) groups is 2. The molecule has 0 radical (unpaired) electrons. The molecule has 1 fully saturated rings. The second-order valence-electron chi connectivity index (χ2n) is 6.00. The summed E-state index contributed by atoms with van der Waals surface area (Å²) >= 11 is 0. The molecule has 22 heavy (non-hydrogen) atoms. The zero-order chi connectivity index (χ0) is 15.9. The number of carbonyl (C=O) groups excluding carboxylic acids is 2. The van der Waals surface area contributed by atoms with Gasteiger partial charge in [-0.05, 0) is 30.7 Å². The Morgan fingerprint density at radius 1 is 1.27 bits per heavy atom. The molecule has 1 aliphatic rings. The van der Waals surface area contributed by atoms with Crippen LogP contribution in [0.4, 0.5) is 0 Å². The molecule has 120 valence electrons. The number of hydrogen-bond donors (Lipinski definition) is 2. The Labute approximate surface area is 131 Å². The molecule has 0 aliphatic carbocycles. The first-order valence-electron chi connectivity index (χ1n) is 7.89. The lowest BCUT2D eigenvalue weighted by Gasteiger charge is -2.33. The Morgan fingerprint density at radius 3 is 2.50 bits per heavy atom. The summed E-state index contributed by atoms with van der Waals surface area (Å²) in [5.41, 5.74) is 7.15. The first-order valence-corrected chi connectivity index (χ1v) is 7.89. The van der Waals surface area contributed by atoms with E-state index in [9.17, 15) is 9.59 Å². The summed E-state index contributed by atoms with van der Waals surface area (Å²) in [5.74, 6) is 0.489. The first-order chi connectivity index (χ1) is 10.6. The van der Waals surface area contributed by atoms with Crippen molar-refractivity contribution < 1.29 is 9.59 Å². The first kappa shape index (κ1) is 16.5. The van der Waals surface area contributed by atoms with E-state index in [4.69, 9.17) is 5.73 Å². The van der Waals surface area contributed by atoms with Crippen molar-refractivity contribution in [3.8, 4) is 0 Å². The monoisotopic (exact) mass is 303 g/mol. The van der Waals surface area contributed by atoms with Crippen molar-refractivity contribution in [2.75, 3.05) is 19.6 Å². The van der Waals surface area contributed by atoms with Gasteiger partial charge in [-0.25, -0.2) is 0 Å². The molecule has 1 heterocycles. The number of nitrogens with one attached hydrogen (secondary N) is 1. The molecular weight excluding hydrogens is 278 g/mol. The van der Waals surface area contributed by atoms with Crippen LogP contribution >= 0.6 is 0 Å². The van der Waals surface area contributed by atoms with Gasteiger partial charge in [0.2, 0.25) is 11.8 Å². The molecule has 1 saturated heterocycles. The zero-order valence-electron chi connectivity index (χ0n) is 13.1. The van der Waals surface area contributed by atoms with Crippen LogP contribution in [0.1, 0.15) is 25.3 Å². The number of nitrogens with two attached hydrogens (primary N) is 1. The van der Waals surface area contributed by atoms with Crippen molar-refractivity contribution in [1.29, 1.82) is 0 Å². The van der Waals surface area contributed by atoms with E-state index in [0.29, 0.717) is 18.9 Å². The maximum atomic E-state index is 12.4. The Morgan fingerprint density at radius 2 is 1.91 bits per heavy atom. The van der Waals surface area contributed by atoms with E-state index in [1.165, 1.54) is 6.92 Å². The van der Waals surface area contributed by atoms with Crippen molar-refractivity contribution in [3.05, 3.63) is 35.9 Å². The largest absolute Gasteiger partial charge is 0.356 e. The molecule has 0 spiro atoms. The van der Waals surface area contributed by atoms with Crippen LogP contribution in [0.3, 0.4) is 0 Å². The fraction of sp³-hybridized carbons (Fsp3) is 0.529. The number of likely N-dealkylation sites (tertiary alicyclic amines) is 1. The summed E-state index contributed by atoms with van der Waals surface area (Å²) in [4.78, 5) is 25.2. The summed E-state index contributed by atoms with van der Waals surface area (Å²) in [6, 6.07) is 9.38. The maximum Gasteiger partial charge on any atom is 0.239 e. The van der Waals surface area contributed by atoms with E-state index in [1.54, 1.807) is 0 Å². The Balaban J connectivity index is 1.78. The Bertz CT molecular complexity index is 496. The number of hydrogen-bond acceptors (Lipinski definition) is 3. The van der Waals surface area contributed by atoms with Crippen LogP contribution in [-0.2, 0) is 16.0 Å². The van der Waals surface area contributed by atoms with Gasteiger partial charge in [0.15, 0.2) is 0 Å². The van der Waals surface area contributed by atoms with Crippen molar-refractivity contribution in [1.82, 2.24) is 10.2 Å². The van der Waals surface area contributed by atoms with Crippen LogP contribution in [0.2, 0.25) is 0 Å². The van der Waals surface area contributed by atoms with Gasteiger partial charge in [0.25, 0.3) is 0 Å². The minimum atomic E-state index is -0.478. The van der Waals surface area contributed by atoms with Crippen LogP contribution in [-0.4, -0.2) is 42.4 Å². The molecule has 1 aromatic rings. The summed E-state index contributed by atoms with van der Waals surface area (Å²) in [6.07, 6.45) is 2.42. The van der Waals surface area contributed by atoms with E-state index in [0.717, 1.165) is 31.5 Å². The van der Waals surface area contributed by atoms with Crippen molar-refractivity contribution in [3.63, 3.8) is 0 Å². The third-order valence-electron chi connectivity index (χ3n) is 4.18. The van der Waals surface area contributed by atoms with E-state index in [2.05, 4.69) is 5.32 Å². The SMILES string of the molecule is CC(=O)NCC1CCN(C(=O)[C@@H](N)Cc2ccccc2)CC1. The van der Waals surface area contributed by atoms with Gasteiger partial charge < -0.3 is 16.0 Å². The standard InChI is InChI=1S/C17H25N3O2/c1-13(21)19-12-15-7-9-20(10-8-15)17(22)16(18)11-14-5-3-2-4-6-14/h2-6,15-16H,7-12,18H2,1H3,(H,19,21)/t16-/m0/s1. The predicted octanol–water partition coefficient (Wildman–Crippen LogP) is 0.931. The molecule has 0 aromatic heterocycles. The van der Waals surface area contributed by atoms with Gasteiger partial charge in [0, 0.05) is 26.6 Å². The normalized spacial score (nSPS) is 17.1. The van der Waals surface area contributed by atoms with Gasteiger partial charge in [-0.3, -0.25) is 9.59 Å². The molecule has 0 saturated carbocycles. The fourth-order valence-electron chi connectivity index (χ4n) is 2.84. The molecule has 0 unspecified atom stereocenters. The van der Waals surface area contributed by atoms with E-state index < -0.39 is 6.04 Å². The molecule has 1 atom stereocenters. The summed E-state index contributed by atoms with van der Waals surface area (Å²) < 4.78 is 0. The minimum absolute atomic E-state index is 0.00314. The molecule has 2 rings (SSSR count). The minimum Gasteiger partial charge on any atom is -0.356 e. The van der Waals surface area contributed by atoms with Gasteiger partial charge in [-0.2, -0.15) is 0 Å². The van der Waals surface area contributed by atoms with Crippen molar-refractivity contribution in [2.45, 2.75) is 32.2 Å². The van der Waals surface area contributed by atoms with Crippen LogP contribution in [0, 0.1) is 5.92 Å². The van der Waals surface area contributed by atoms with Gasteiger partial charge in [-0.1, -0.05) is 30.3 Å². The predicted molar refractivity (Wildman–Crippen MR) is 86.1 cm³/mol. The van der Waals surface area contributed by atoms with Gasteiger partial charge in [0.05, 0.1) is 6.04 Å². The lowest BCUT2D eigenvalue weighted by Crippen LogP contribution is -2.48. The smallest absolute Gasteiger partial charge is 0.239 e. The van der Waals surface area contributed by atoms with Crippen LogP contribution in [0.15, 0.2) is 30.3 Å². The lowest BCUT2D eigenvalue weighted by molar-refractivity contribution is -0.134. The molecular formula is C17H25N3O2. The van der Waals surface area contributed by atoms with Crippen molar-refractivity contribution >= 4 is 11.8 Å². The highest BCUT2D eigenvalue weighted by atomic mass is 16.2. The summed E-state index contributed by atoms with van der Waals surface area (Å²) in [7, 11) is 0. The highest BCUT2D eigenvalue weighted by Crippen LogP contribution is 2.17. The third-order valence-corrected chi connectivity index (χ3v) is 4.18. The number of rotatable bonds is 5. The summed E-state index contributed by atoms with van der Waals surface area (Å²) in [5, 5.41) is 2.85. The Kier molecular flexibility index (Phi) is 5.95. The fourth-order valence-corrected chi connectivity index (χ4v) is 2.84. The van der Waals surface area contributed by atoms with Gasteiger partial charge in [-0.15, -0.1) is 0 Å². The second kappa shape index (κ2) is 7.94. The number of amides is 2. The highest BCUT2D eigenvalue weighted by molar-refractivity contribution is 5.82. The average molecular weight is 303 g/mol. The van der Waals surface area contributed by atoms with E-state index >= 15 is 0 Å². The van der Waals surface area contributed by atoms with Gasteiger partial charge >= 0.3 is 0 Å². The van der Waals surface area contributed by atoms with E-state index in [-0.39, 0.29) is 11.8 Å². The zero-order valence-corrected chi connectivity index (χ0v) is 13.1. The third kappa shape index (κ3) is 4.84. The van der Waals surface area contributed by atoms with Crippen LogP contribution in [0.25, 0.3) is 0 Å². The molecule has 3 N–H and O–H groups in total. The molecule has 5 heteroatoms. The molecule has 0 bridgehead atoms. The molecule has 1 aromatic carbocycles. The maximum absolute atomic E-state index is 12.4. The van der Waals surface area contributed by atoms with Crippen LogP contribution < -0.4 is 11.1 Å².